The highest BCUT2D eigenvalue weighted by Crippen LogP contribution is 2.64. The van der Waals surface area contributed by atoms with E-state index in [0.29, 0.717) is 5.56 Å². The molecule has 5 nitrogen and oxygen atoms in total. The van der Waals surface area contributed by atoms with Crippen LogP contribution in [0.25, 0.3) is 0 Å². The molecule has 3 unspecified atom stereocenters. The molecule has 2 aromatic carbocycles. The molecule has 134 valence electrons. The molecule has 1 saturated carbocycles. The number of esters is 1. The van der Waals surface area contributed by atoms with E-state index in [1.54, 1.807) is 49.4 Å². The van der Waals surface area contributed by atoms with Gasteiger partial charge in [0.05, 0.1) is 17.6 Å². The number of hydrogen-bond donors (Lipinski definition) is 0. The molecule has 1 aliphatic rings. The van der Waals surface area contributed by atoms with Crippen molar-refractivity contribution in [2.45, 2.75) is 29.9 Å². The molecule has 26 heavy (non-hydrogen) atoms. The smallest absolute Gasteiger partial charge is 0.328 e. The SMILES string of the molecule is CCOC(=O)C1(C#N)C(c2ccccc2)C1S(=O)(=O)c1ccc(C)cc1. The predicted octanol–water partition coefficient (Wildman–Crippen LogP) is 3.01. The largest absolute Gasteiger partial charge is 0.465 e. The zero-order chi connectivity index (χ0) is 18.9. The summed E-state index contributed by atoms with van der Waals surface area (Å²) in [6, 6.07) is 17.2. The van der Waals surface area contributed by atoms with Crippen LogP contribution in [0, 0.1) is 23.7 Å². The van der Waals surface area contributed by atoms with Crippen molar-refractivity contribution >= 4 is 15.8 Å². The van der Waals surface area contributed by atoms with Gasteiger partial charge >= 0.3 is 5.97 Å². The monoisotopic (exact) mass is 369 g/mol. The number of carbonyl (C=O) groups is 1. The minimum Gasteiger partial charge on any atom is -0.465 e. The fourth-order valence-electron chi connectivity index (χ4n) is 3.43. The molecular formula is C20H19NO4S. The summed E-state index contributed by atoms with van der Waals surface area (Å²) in [5.74, 6) is -1.53. The van der Waals surface area contributed by atoms with Gasteiger partial charge in [0.1, 0.15) is 5.25 Å². The Kier molecular flexibility index (Phi) is 4.59. The third-order valence-corrected chi connectivity index (χ3v) is 7.02. The maximum absolute atomic E-state index is 13.2. The van der Waals surface area contributed by atoms with Gasteiger partial charge in [-0.05, 0) is 31.5 Å². The highest BCUT2D eigenvalue weighted by molar-refractivity contribution is 7.92. The van der Waals surface area contributed by atoms with Crippen LogP contribution in [-0.4, -0.2) is 26.2 Å². The Bertz CT molecular complexity index is 961. The zero-order valence-electron chi connectivity index (χ0n) is 14.5. The van der Waals surface area contributed by atoms with Gasteiger partial charge in [0.2, 0.25) is 0 Å². The summed E-state index contributed by atoms with van der Waals surface area (Å²) in [6.45, 7) is 3.58. The van der Waals surface area contributed by atoms with Crippen molar-refractivity contribution in [3.8, 4) is 6.07 Å². The van der Waals surface area contributed by atoms with E-state index in [9.17, 15) is 18.5 Å². The first kappa shape index (κ1) is 18.2. The van der Waals surface area contributed by atoms with Crippen molar-refractivity contribution in [3.63, 3.8) is 0 Å². The van der Waals surface area contributed by atoms with Crippen LogP contribution >= 0.6 is 0 Å². The Balaban J connectivity index is 2.12. The van der Waals surface area contributed by atoms with Crippen molar-refractivity contribution in [1.29, 1.82) is 5.26 Å². The molecule has 1 fully saturated rings. The van der Waals surface area contributed by atoms with Crippen LogP contribution in [0.1, 0.15) is 24.0 Å². The summed E-state index contributed by atoms with van der Waals surface area (Å²) < 4.78 is 31.5. The van der Waals surface area contributed by atoms with E-state index in [4.69, 9.17) is 4.74 Å². The second-order valence-electron chi connectivity index (χ2n) is 6.37. The minimum absolute atomic E-state index is 0.0844. The van der Waals surface area contributed by atoms with Gasteiger partial charge in [-0.1, -0.05) is 48.0 Å². The zero-order valence-corrected chi connectivity index (χ0v) is 15.4. The van der Waals surface area contributed by atoms with Crippen LogP contribution in [-0.2, 0) is 19.4 Å². The number of hydrogen-bond acceptors (Lipinski definition) is 5. The molecule has 0 radical (unpaired) electrons. The molecule has 0 aromatic heterocycles. The summed E-state index contributed by atoms with van der Waals surface area (Å²) in [7, 11) is -3.89. The number of nitrogens with zero attached hydrogens (tertiary/aromatic N) is 1. The molecule has 0 spiro atoms. The Labute approximate surface area is 153 Å². The van der Waals surface area contributed by atoms with Crippen molar-refractivity contribution < 1.29 is 17.9 Å². The van der Waals surface area contributed by atoms with E-state index in [-0.39, 0.29) is 11.5 Å². The molecule has 1 aliphatic carbocycles. The summed E-state index contributed by atoms with van der Waals surface area (Å²) >= 11 is 0. The fourth-order valence-corrected chi connectivity index (χ4v) is 5.67. The van der Waals surface area contributed by atoms with Gasteiger partial charge < -0.3 is 4.74 Å². The summed E-state index contributed by atoms with van der Waals surface area (Å²) in [5, 5.41) is 8.63. The van der Waals surface area contributed by atoms with E-state index >= 15 is 0 Å². The van der Waals surface area contributed by atoms with Crippen LogP contribution in [0.4, 0.5) is 0 Å². The van der Waals surface area contributed by atoms with E-state index in [0.717, 1.165) is 5.56 Å². The predicted molar refractivity (Wildman–Crippen MR) is 96.0 cm³/mol. The van der Waals surface area contributed by atoms with Crippen LogP contribution in [0.3, 0.4) is 0 Å². The second-order valence-corrected chi connectivity index (χ2v) is 8.44. The van der Waals surface area contributed by atoms with E-state index in [2.05, 4.69) is 0 Å². The second kappa shape index (κ2) is 6.58. The third-order valence-electron chi connectivity index (χ3n) is 4.77. The van der Waals surface area contributed by atoms with Crippen molar-refractivity contribution in [1.82, 2.24) is 0 Å². The lowest BCUT2D eigenvalue weighted by Gasteiger charge is -2.09. The molecule has 2 aromatic rings. The number of nitriles is 1. The normalized spacial score (nSPS) is 24.5. The third kappa shape index (κ3) is 2.69. The molecular weight excluding hydrogens is 350 g/mol. The number of sulfone groups is 1. The maximum Gasteiger partial charge on any atom is 0.328 e. The Morgan fingerprint density at radius 3 is 2.31 bits per heavy atom. The quantitative estimate of drug-likeness (QED) is 0.757. The molecule has 0 bridgehead atoms. The molecule has 0 heterocycles. The number of benzene rings is 2. The van der Waals surface area contributed by atoms with Crippen LogP contribution in [0.15, 0.2) is 59.5 Å². The average molecular weight is 369 g/mol. The van der Waals surface area contributed by atoms with Gasteiger partial charge in [0.25, 0.3) is 0 Å². The van der Waals surface area contributed by atoms with Crippen molar-refractivity contribution in [2.75, 3.05) is 6.61 Å². The summed E-state index contributed by atoms with van der Waals surface area (Å²) in [4.78, 5) is 12.7. The highest BCUT2D eigenvalue weighted by atomic mass is 32.2. The molecule has 0 N–H and O–H groups in total. The minimum atomic E-state index is -3.89. The van der Waals surface area contributed by atoms with Gasteiger partial charge in [0.15, 0.2) is 15.3 Å². The standard InChI is InChI=1S/C20H19NO4S/c1-3-25-19(22)20(13-21)17(15-7-5-4-6-8-15)18(20)26(23,24)16-11-9-14(2)10-12-16/h4-12,17-18H,3H2,1-2H3. The van der Waals surface area contributed by atoms with E-state index in [1.165, 1.54) is 12.1 Å². The van der Waals surface area contributed by atoms with E-state index < -0.39 is 32.4 Å². The number of aryl methyl sites for hydroxylation is 1. The molecule has 0 aliphatic heterocycles. The Hall–Kier alpha value is -2.65. The lowest BCUT2D eigenvalue weighted by Crippen LogP contribution is -2.25. The molecule has 3 rings (SSSR count). The molecule has 6 heteroatoms. The van der Waals surface area contributed by atoms with Crippen molar-refractivity contribution in [3.05, 3.63) is 65.7 Å². The first-order chi connectivity index (χ1) is 12.4. The lowest BCUT2D eigenvalue weighted by atomic mass is 10.0. The van der Waals surface area contributed by atoms with Gasteiger partial charge in [-0.15, -0.1) is 0 Å². The maximum atomic E-state index is 13.2. The first-order valence-electron chi connectivity index (χ1n) is 8.33. The fraction of sp³-hybridized carbons (Fsp3) is 0.300. The van der Waals surface area contributed by atoms with Gasteiger partial charge in [-0.2, -0.15) is 5.26 Å². The number of ether oxygens (including phenoxy) is 1. The molecule has 0 amide bonds. The lowest BCUT2D eigenvalue weighted by molar-refractivity contribution is -0.147. The van der Waals surface area contributed by atoms with Gasteiger partial charge in [-0.25, -0.2) is 8.42 Å². The number of carbonyl (C=O) groups excluding carboxylic acids is 1. The topological polar surface area (TPSA) is 84.2 Å². The Morgan fingerprint density at radius 1 is 1.15 bits per heavy atom. The number of rotatable bonds is 5. The van der Waals surface area contributed by atoms with Gasteiger partial charge in [0, 0.05) is 5.92 Å². The van der Waals surface area contributed by atoms with Crippen molar-refractivity contribution in [2.24, 2.45) is 5.41 Å². The highest BCUT2D eigenvalue weighted by Gasteiger charge is 2.77. The van der Waals surface area contributed by atoms with Crippen LogP contribution in [0.5, 0.6) is 0 Å². The van der Waals surface area contributed by atoms with E-state index in [1.807, 2.05) is 13.0 Å². The van der Waals surface area contributed by atoms with Gasteiger partial charge in [-0.3, -0.25) is 4.79 Å². The first-order valence-corrected chi connectivity index (χ1v) is 9.88. The van der Waals surface area contributed by atoms with Crippen LogP contribution < -0.4 is 0 Å². The van der Waals surface area contributed by atoms with Crippen LogP contribution in [0.2, 0.25) is 0 Å². The average Bonchev–Trinajstić information content (AvgIpc) is 3.35. The summed E-state index contributed by atoms with van der Waals surface area (Å²) in [6.07, 6.45) is 0. The Morgan fingerprint density at radius 2 is 1.77 bits per heavy atom. The summed E-state index contributed by atoms with van der Waals surface area (Å²) in [5.41, 5.74) is -0.153. The molecule has 0 saturated heterocycles. The molecule has 3 atom stereocenters.